The Labute approximate surface area is 219 Å². The molecule has 1 aliphatic heterocycles. The fraction of sp³-hybridized carbons (Fsp3) is 0.778. The van der Waals surface area contributed by atoms with Crippen molar-refractivity contribution < 1.29 is 54.2 Å². The van der Waals surface area contributed by atoms with E-state index in [0.717, 1.165) is 5.57 Å². The molecule has 0 aromatic rings. The topological polar surface area (TPSA) is 188 Å². The fourth-order valence-corrected chi connectivity index (χ4v) is 8.31. The summed E-state index contributed by atoms with van der Waals surface area (Å²) in [7, 11) is 0. The van der Waals surface area contributed by atoms with Crippen LogP contribution >= 0.6 is 0 Å². The SMILES string of the molecule is C[C@]12CCC(=O)C=C1CC[C@H]1[C@H]2C(=O)C[C@@]2(C)[C@@H]1CC[C@@]2(O)C(=O)CO[C@H]1O[C@@H](C(=O)O)[C@H](O)[C@@H](O)[C@H]1O. The molecule has 0 spiro atoms. The average molecular weight is 537 g/mol. The Hall–Kier alpha value is -2.02. The van der Waals surface area contributed by atoms with Crippen molar-refractivity contribution in [2.45, 2.75) is 95.1 Å². The lowest BCUT2D eigenvalue weighted by molar-refractivity contribution is -0.293. The van der Waals surface area contributed by atoms with Crippen LogP contribution < -0.4 is 0 Å². The van der Waals surface area contributed by atoms with Crippen LogP contribution in [-0.4, -0.2) is 91.8 Å². The minimum atomic E-state index is -1.90. The second kappa shape index (κ2) is 9.28. The number of carboxylic acids is 1. The van der Waals surface area contributed by atoms with Crippen molar-refractivity contribution in [1.29, 1.82) is 0 Å². The largest absolute Gasteiger partial charge is 0.479 e. The van der Waals surface area contributed by atoms with Gasteiger partial charge >= 0.3 is 5.97 Å². The number of rotatable bonds is 5. The molecule has 4 fully saturated rings. The molecule has 3 saturated carbocycles. The molecule has 210 valence electrons. The molecule has 11 atom stereocenters. The first-order chi connectivity index (χ1) is 17.7. The van der Waals surface area contributed by atoms with Gasteiger partial charge in [0.05, 0.1) is 0 Å². The standard InChI is InChI=1S/C27H36O11/c1-25-7-5-13(28)9-12(25)3-4-14-15-6-8-27(36,26(15,2)10-16(29)18(14)25)17(30)11-37-24-21(33)19(31)20(32)22(38-24)23(34)35/h9,14-15,18-22,24,31-33,36H,3-8,10-11H2,1-2H3,(H,34,35)/t14-,15-,18+,19-,20-,21-,22-,24+,25+,26+,27-/m1/s1. The van der Waals surface area contributed by atoms with Crippen molar-refractivity contribution in [1.82, 2.24) is 0 Å². The molecule has 0 radical (unpaired) electrons. The third-order valence-electron chi connectivity index (χ3n) is 10.5. The quantitative estimate of drug-likeness (QED) is 0.316. The van der Waals surface area contributed by atoms with E-state index in [2.05, 4.69) is 6.92 Å². The molecule has 0 unspecified atom stereocenters. The van der Waals surface area contributed by atoms with Crippen molar-refractivity contribution in [3.63, 3.8) is 0 Å². The van der Waals surface area contributed by atoms with E-state index < -0.39 is 65.5 Å². The maximum absolute atomic E-state index is 13.7. The number of ether oxygens (including phenoxy) is 2. The van der Waals surface area contributed by atoms with Crippen LogP contribution in [0.4, 0.5) is 0 Å². The second-order valence-corrected chi connectivity index (χ2v) is 12.3. The van der Waals surface area contributed by atoms with Crippen LogP contribution in [0, 0.1) is 28.6 Å². The highest BCUT2D eigenvalue weighted by atomic mass is 16.7. The maximum Gasteiger partial charge on any atom is 0.335 e. The van der Waals surface area contributed by atoms with Crippen molar-refractivity contribution in [2.75, 3.05) is 6.61 Å². The summed E-state index contributed by atoms with van der Waals surface area (Å²) in [6.45, 7) is 3.08. The van der Waals surface area contributed by atoms with E-state index in [-0.39, 0.29) is 42.2 Å². The zero-order valence-corrected chi connectivity index (χ0v) is 21.5. The Morgan fingerprint density at radius 3 is 2.45 bits per heavy atom. The van der Waals surface area contributed by atoms with Crippen molar-refractivity contribution in [3.05, 3.63) is 11.6 Å². The van der Waals surface area contributed by atoms with Gasteiger partial charge in [-0.1, -0.05) is 19.4 Å². The lowest BCUT2D eigenvalue weighted by atomic mass is 9.46. The molecule has 5 rings (SSSR count). The number of aliphatic hydroxyl groups is 4. The van der Waals surface area contributed by atoms with Crippen LogP contribution in [0.1, 0.15) is 58.8 Å². The van der Waals surface area contributed by atoms with Gasteiger partial charge in [-0.3, -0.25) is 14.4 Å². The third-order valence-corrected chi connectivity index (χ3v) is 10.5. The Kier molecular flexibility index (Phi) is 6.72. The number of Topliss-reactive ketones (excluding diaryl/α,β-unsaturated/α-hetero) is 2. The number of hydrogen-bond donors (Lipinski definition) is 5. The number of carbonyl (C=O) groups is 4. The number of aliphatic carboxylic acids is 1. The molecule has 1 saturated heterocycles. The normalized spacial score (nSPS) is 48.5. The van der Waals surface area contributed by atoms with Crippen LogP contribution in [0.25, 0.3) is 0 Å². The molecule has 5 aliphatic rings. The summed E-state index contributed by atoms with van der Waals surface area (Å²) in [5.41, 5.74) is -2.30. The summed E-state index contributed by atoms with van der Waals surface area (Å²) in [4.78, 5) is 50.5. The summed E-state index contributed by atoms with van der Waals surface area (Å²) in [5, 5.41) is 51.0. The highest BCUT2D eigenvalue weighted by Crippen LogP contribution is 2.66. The predicted molar refractivity (Wildman–Crippen MR) is 127 cm³/mol. The van der Waals surface area contributed by atoms with E-state index in [0.29, 0.717) is 32.1 Å². The van der Waals surface area contributed by atoms with Crippen LogP contribution in [0.2, 0.25) is 0 Å². The molecule has 0 bridgehead atoms. The number of carboxylic acid groups (broad SMARTS) is 1. The van der Waals surface area contributed by atoms with Crippen LogP contribution in [0.15, 0.2) is 11.6 Å². The Morgan fingerprint density at radius 1 is 1.05 bits per heavy atom. The smallest absolute Gasteiger partial charge is 0.335 e. The summed E-state index contributed by atoms with van der Waals surface area (Å²) >= 11 is 0. The summed E-state index contributed by atoms with van der Waals surface area (Å²) in [6.07, 6.45) is -4.39. The molecule has 0 aromatic carbocycles. The van der Waals surface area contributed by atoms with E-state index in [4.69, 9.17) is 9.47 Å². The molecule has 11 heteroatoms. The van der Waals surface area contributed by atoms with Gasteiger partial charge in [-0.05, 0) is 55.4 Å². The number of aliphatic hydroxyl groups excluding tert-OH is 3. The van der Waals surface area contributed by atoms with Crippen molar-refractivity contribution >= 4 is 23.3 Å². The number of fused-ring (bicyclic) bond motifs is 5. The van der Waals surface area contributed by atoms with Gasteiger partial charge in [-0.25, -0.2) is 4.79 Å². The molecular formula is C27H36O11. The van der Waals surface area contributed by atoms with Gasteiger partial charge in [0.2, 0.25) is 0 Å². The van der Waals surface area contributed by atoms with Gasteiger partial charge in [0, 0.05) is 24.2 Å². The number of ketones is 3. The van der Waals surface area contributed by atoms with E-state index in [1.807, 2.05) is 0 Å². The minimum Gasteiger partial charge on any atom is -0.479 e. The third kappa shape index (κ3) is 3.85. The first-order valence-corrected chi connectivity index (χ1v) is 13.3. The van der Waals surface area contributed by atoms with Gasteiger partial charge < -0.3 is 35.0 Å². The lowest BCUT2D eigenvalue weighted by Gasteiger charge is -2.57. The molecule has 4 aliphatic carbocycles. The molecule has 0 aromatic heterocycles. The van der Waals surface area contributed by atoms with Gasteiger partial charge in [-0.2, -0.15) is 0 Å². The van der Waals surface area contributed by atoms with Gasteiger partial charge in [0.25, 0.3) is 0 Å². The summed E-state index contributed by atoms with van der Waals surface area (Å²) in [5.74, 6) is -2.62. The van der Waals surface area contributed by atoms with Crippen molar-refractivity contribution in [2.24, 2.45) is 28.6 Å². The first-order valence-electron chi connectivity index (χ1n) is 13.3. The molecular weight excluding hydrogens is 500 g/mol. The van der Waals surface area contributed by atoms with E-state index >= 15 is 0 Å². The summed E-state index contributed by atoms with van der Waals surface area (Å²) in [6, 6.07) is 0. The van der Waals surface area contributed by atoms with Crippen LogP contribution in [-0.2, 0) is 28.7 Å². The predicted octanol–water partition coefficient (Wildman–Crippen LogP) is -0.0937. The Bertz CT molecular complexity index is 1080. The minimum absolute atomic E-state index is 0.00639. The van der Waals surface area contributed by atoms with Gasteiger partial charge in [0.15, 0.2) is 24.0 Å². The van der Waals surface area contributed by atoms with Gasteiger partial charge in [-0.15, -0.1) is 0 Å². The Balaban J connectivity index is 1.34. The monoisotopic (exact) mass is 536 g/mol. The highest BCUT2D eigenvalue weighted by Gasteiger charge is 2.68. The van der Waals surface area contributed by atoms with E-state index in [1.54, 1.807) is 13.0 Å². The molecule has 5 N–H and O–H groups in total. The Morgan fingerprint density at radius 2 is 1.76 bits per heavy atom. The molecule has 11 nitrogen and oxygen atoms in total. The number of hydrogen-bond acceptors (Lipinski definition) is 10. The zero-order valence-electron chi connectivity index (χ0n) is 21.5. The van der Waals surface area contributed by atoms with Gasteiger partial charge in [0.1, 0.15) is 36.3 Å². The molecule has 38 heavy (non-hydrogen) atoms. The van der Waals surface area contributed by atoms with E-state index in [9.17, 15) is 44.7 Å². The first kappa shape index (κ1) is 27.5. The van der Waals surface area contributed by atoms with Crippen LogP contribution in [0.5, 0.6) is 0 Å². The van der Waals surface area contributed by atoms with Crippen molar-refractivity contribution in [3.8, 4) is 0 Å². The molecule has 1 heterocycles. The molecule has 0 amide bonds. The maximum atomic E-state index is 13.7. The highest BCUT2D eigenvalue weighted by molar-refractivity contribution is 5.94. The zero-order chi connectivity index (χ0) is 27.8. The lowest BCUT2D eigenvalue weighted by Crippen LogP contribution is -2.62. The second-order valence-electron chi connectivity index (χ2n) is 12.3. The summed E-state index contributed by atoms with van der Waals surface area (Å²) < 4.78 is 10.4. The average Bonchev–Trinajstić information content (AvgIpc) is 3.13. The number of allylic oxidation sites excluding steroid dienone is 1. The van der Waals surface area contributed by atoms with Crippen LogP contribution in [0.3, 0.4) is 0 Å². The number of carbonyl (C=O) groups excluding carboxylic acids is 3. The van der Waals surface area contributed by atoms with E-state index in [1.165, 1.54) is 0 Å². The fourth-order valence-electron chi connectivity index (χ4n) is 8.31.